The number of rotatable bonds is 10. The Bertz CT molecular complexity index is 816. The number of benzene rings is 1. The maximum absolute atomic E-state index is 11.2. The Morgan fingerprint density at radius 3 is 2.57 bits per heavy atom. The number of carbonyl (C=O) groups is 1. The number of aryl methyl sites for hydroxylation is 2. The highest BCUT2D eigenvalue weighted by atomic mass is 16.6. The first-order valence-electron chi connectivity index (χ1n) is 10.6. The number of nitrogens with zero attached hydrogens (tertiary/aromatic N) is 1. The molecule has 30 heavy (non-hydrogen) atoms. The first-order chi connectivity index (χ1) is 14.5. The molecule has 3 rings (SSSR count). The van der Waals surface area contributed by atoms with Crippen LogP contribution in [0.25, 0.3) is 11.5 Å². The smallest absolute Gasteiger partial charge is 0.335 e. The van der Waals surface area contributed by atoms with Gasteiger partial charge in [-0.2, -0.15) is 0 Å². The van der Waals surface area contributed by atoms with Crippen LogP contribution in [0.5, 0.6) is 0 Å². The number of hydrogen-bond donors (Lipinski definition) is 1. The molecule has 0 amide bonds. The second-order valence-corrected chi connectivity index (χ2v) is 7.73. The van der Waals surface area contributed by atoms with E-state index in [1.54, 1.807) is 6.92 Å². The molecular formula is C23H31NO6. The Kier molecular flexibility index (Phi) is 8.01. The van der Waals surface area contributed by atoms with E-state index >= 15 is 0 Å². The fourth-order valence-electron chi connectivity index (χ4n) is 3.60. The molecule has 2 aromatic rings. The van der Waals surface area contributed by atoms with E-state index in [0.29, 0.717) is 19.1 Å². The third kappa shape index (κ3) is 6.14. The number of aliphatic carboxylic acids is 1. The highest BCUT2D eigenvalue weighted by molar-refractivity contribution is 5.72. The maximum Gasteiger partial charge on any atom is 0.335 e. The average molecular weight is 418 g/mol. The van der Waals surface area contributed by atoms with Crippen molar-refractivity contribution in [1.29, 1.82) is 0 Å². The van der Waals surface area contributed by atoms with Crippen LogP contribution in [0, 0.1) is 13.8 Å². The number of hydrogen-bond acceptors (Lipinski definition) is 6. The van der Waals surface area contributed by atoms with Crippen LogP contribution in [0.1, 0.15) is 49.6 Å². The van der Waals surface area contributed by atoms with Gasteiger partial charge < -0.3 is 23.7 Å². The van der Waals surface area contributed by atoms with Crippen LogP contribution in [0.4, 0.5) is 0 Å². The van der Waals surface area contributed by atoms with Crippen LogP contribution in [0.2, 0.25) is 0 Å². The predicted molar refractivity (Wildman–Crippen MR) is 111 cm³/mol. The van der Waals surface area contributed by atoms with Gasteiger partial charge in [-0.25, -0.2) is 9.78 Å². The lowest BCUT2D eigenvalue weighted by atomic mass is 9.95. The van der Waals surface area contributed by atoms with Crippen LogP contribution in [0.15, 0.2) is 28.7 Å². The average Bonchev–Trinajstić information content (AvgIpc) is 3.10. The molecule has 1 saturated carbocycles. The molecule has 0 saturated heterocycles. The summed E-state index contributed by atoms with van der Waals surface area (Å²) in [6.45, 7) is 6.51. The van der Waals surface area contributed by atoms with Crippen LogP contribution >= 0.6 is 0 Å². The van der Waals surface area contributed by atoms with Gasteiger partial charge in [-0.15, -0.1) is 0 Å². The fraction of sp³-hybridized carbons (Fsp3) is 0.565. The lowest BCUT2D eigenvalue weighted by Crippen LogP contribution is -2.34. The normalized spacial score (nSPS) is 20.2. The minimum atomic E-state index is -0.994. The highest BCUT2D eigenvalue weighted by Gasteiger charge is 2.26. The summed E-state index contributed by atoms with van der Waals surface area (Å²) in [6.07, 6.45) is 2.68. The summed E-state index contributed by atoms with van der Waals surface area (Å²) in [5.74, 6) is 0.369. The van der Waals surface area contributed by atoms with Gasteiger partial charge in [-0.1, -0.05) is 17.7 Å². The van der Waals surface area contributed by atoms with Gasteiger partial charge in [-0.05, 0) is 58.6 Å². The van der Waals surface area contributed by atoms with Crippen LogP contribution in [0.3, 0.4) is 0 Å². The summed E-state index contributed by atoms with van der Waals surface area (Å²) < 4.78 is 23.0. The van der Waals surface area contributed by atoms with E-state index in [-0.39, 0.29) is 18.8 Å². The molecule has 0 aliphatic heterocycles. The number of carboxylic acids is 1. The Labute approximate surface area is 177 Å². The van der Waals surface area contributed by atoms with E-state index in [0.717, 1.165) is 42.7 Å². The molecular weight excluding hydrogens is 386 g/mol. The summed E-state index contributed by atoms with van der Waals surface area (Å²) in [4.78, 5) is 15.8. The SMILES string of the molecule is CCOC(CO[C@@H]1CCC[C@H](OCc2nc(-c3ccc(C)cc3)oc2C)C1)C(=O)O. The van der Waals surface area contributed by atoms with Crippen molar-refractivity contribution in [2.45, 2.75) is 71.4 Å². The Morgan fingerprint density at radius 2 is 1.90 bits per heavy atom. The molecule has 0 bridgehead atoms. The van der Waals surface area contributed by atoms with Gasteiger partial charge in [0.25, 0.3) is 0 Å². The molecule has 1 aromatic carbocycles. The zero-order chi connectivity index (χ0) is 21.5. The zero-order valence-electron chi connectivity index (χ0n) is 17.9. The molecule has 1 aromatic heterocycles. The van der Waals surface area contributed by atoms with E-state index in [1.807, 2.05) is 38.1 Å². The van der Waals surface area contributed by atoms with Gasteiger partial charge in [0.2, 0.25) is 5.89 Å². The van der Waals surface area contributed by atoms with E-state index in [1.165, 1.54) is 5.56 Å². The van der Waals surface area contributed by atoms with E-state index in [2.05, 4.69) is 4.98 Å². The van der Waals surface area contributed by atoms with Gasteiger partial charge in [-0.3, -0.25) is 0 Å². The van der Waals surface area contributed by atoms with Crippen LogP contribution in [-0.4, -0.2) is 47.6 Å². The molecule has 1 fully saturated rings. The molecule has 1 heterocycles. The lowest BCUT2D eigenvalue weighted by molar-refractivity contribution is -0.157. The van der Waals surface area contributed by atoms with Crippen molar-refractivity contribution in [1.82, 2.24) is 4.98 Å². The minimum Gasteiger partial charge on any atom is -0.479 e. The van der Waals surface area contributed by atoms with Crippen molar-refractivity contribution in [2.75, 3.05) is 13.2 Å². The Morgan fingerprint density at radius 1 is 1.20 bits per heavy atom. The second-order valence-electron chi connectivity index (χ2n) is 7.73. The van der Waals surface area contributed by atoms with Crippen LogP contribution in [-0.2, 0) is 25.6 Å². The fourth-order valence-corrected chi connectivity index (χ4v) is 3.60. The lowest BCUT2D eigenvalue weighted by Gasteiger charge is -2.29. The molecule has 1 aliphatic rings. The number of ether oxygens (including phenoxy) is 3. The molecule has 1 unspecified atom stereocenters. The molecule has 0 radical (unpaired) electrons. The van der Waals surface area contributed by atoms with E-state index in [4.69, 9.17) is 18.6 Å². The first kappa shape index (κ1) is 22.5. The molecule has 3 atom stereocenters. The maximum atomic E-state index is 11.2. The first-order valence-corrected chi connectivity index (χ1v) is 10.6. The summed E-state index contributed by atoms with van der Waals surface area (Å²) in [5.41, 5.74) is 2.94. The van der Waals surface area contributed by atoms with Gasteiger partial charge in [0.15, 0.2) is 6.10 Å². The number of carboxylic acid groups (broad SMARTS) is 1. The van der Waals surface area contributed by atoms with Crippen molar-refractivity contribution < 1.29 is 28.5 Å². The van der Waals surface area contributed by atoms with Gasteiger partial charge in [0.05, 0.1) is 25.4 Å². The third-order valence-corrected chi connectivity index (χ3v) is 5.35. The topological polar surface area (TPSA) is 91.0 Å². The number of oxazole rings is 1. The standard InChI is InChI=1S/C23H31NO6/c1-4-27-21(23(25)26)14-29-19-7-5-6-18(12-19)28-13-20-16(3)30-22(24-20)17-10-8-15(2)9-11-17/h8-11,18-19,21H,4-7,12-14H2,1-3H3,(H,25,26)/t18-,19+,21?/m0/s1. The third-order valence-electron chi connectivity index (χ3n) is 5.35. The molecule has 164 valence electrons. The second kappa shape index (κ2) is 10.7. The van der Waals surface area contributed by atoms with Crippen molar-refractivity contribution in [3.8, 4) is 11.5 Å². The molecule has 7 heteroatoms. The Hall–Kier alpha value is -2.22. The van der Waals surface area contributed by atoms with Crippen molar-refractivity contribution >= 4 is 5.97 Å². The summed E-state index contributed by atoms with van der Waals surface area (Å²) in [6, 6.07) is 8.07. The monoisotopic (exact) mass is 417 g/mol. The summed E-state index contributed by atoms with van der Waals surface area (Å²) in [5, 5.41) is 9.17. The van der Waals surface area contributed by atoms with Crippen molar-refractivity contribution in [2.24, 2.45) is 0 Å². The molecule has 0 spiro atoms. The molecule has 7 nitrogen and oxygen atoms in total. The van der Waals surface area contributed by atoms with Crippen molar-refractivity contribution in [3.63, 3.8) is 0 Å². The van der Waals surface area contributed by atoms with Gasteiger partial charge in [0, 0.05) is 12.2 Å². The minimum absolute atomic E-state index is 0.0208. The summed E-state index contributed by atoms with van der Waals surface area (Å²) >= 11 is 0. The van der Waals surface area contributed by atoms with E-state index < -0.39 is 12.1 Å². The van der Waals surface area contributed by atoms with Gasteiger partial charge >= 0.3 is 5.97 Å². The highest BCUT2D eigenvalue weighted by Crippen LogP contribution is 2.27. The zero-order valence-corrected chi connectivity index (χ0v) is 17.9. The van der Waals surface area contributed by atoms with Crippen LogP contribution < -0.4 is 0 Å². The number of aromatic nitrogens is 1. The largest absolute Gasteiger partial charge is 0.479 e. The van der Waals surface area contributed by atoms with E-state index in [9.17, 15) is 9.90 Å². The quantitative estimate of drug-likeness (QED) is 0.616. The Balaban J connectivity index is 1.51. The van der Waals surface area contributed by atoms with Gasteiger partial charge in [0.1, 0.15) is 11.5 Å². The van der Waals surface area contributed by atoms with Crippen molar-refractivity contribution in [3.05, 3.63) is 41.3 Å². The molecule has 1 N–H and O–H groups in total. The molecule has 1 aliphatic carbocycles. The predicted octanol–water partition coefficient (Wildman–Crippen LogP) is 4.29. The summed E-state index contributed by atoms with van der Waals surface area (Å²) in [7, 11) is 0.